The van der Waals surface area contributed by atoms with Gasteiger partial charge in [-0.3, -0.25) is 0 Å². The normalized spacial score (nSPS) is 12.2. The van der Waals surface area contributed by atoms with E-state index in [-0.39, 0.29) is 10.8 Å². The van der Waals surface area contributed by atoms with Gasteiger partial charge >= 0.3 is 0 Å². The van der Waals surface area contributed by atoms with Crippen molar-refractivity contribution >= 4 is 55.0 Å². The number of hydrogen-bond acceptors (Lipinski definition) is 0. The second kappa shape index (κ2) is 11.3. The van der Waals surface area contributed by atoms with Gasteiger partial charge < -0.3 is 4.57 Å². The molecular formula is C44H40ClN. The molecule has 6 aromatic carbocycles. The SMILES string of the molecule is CC(C)(C)c1cc(-c2cccc(-n3c4ccccc4c4ccccc4c4ccccc4c4ccc(Cl)cc43)c2)cc(C(C)(C)C)c1. The van der Waals surface area contributed by atoms with Crippen molar-refractivity contribution < 1.29 is 0 Å². The highest BCUT2D eigenvalue weighted by Crippen LogP contribution is 2.37. The number of para-hydroxylation sites is 1. The van der Waals surface area contributed by atoms with E-state index in [0.717, 1.165) is 22.1 Å². The Hall–Kier alpha value is -4.59. The van der Waals surface area contributed by atoms with E-state index in [1.54, 1.807) is 0 Å². The molecular weight excluding hydrogens is 578 g/mol. The Balaban J connectivity index is 1.66. The molecule has 46 heavy (non-hydrogen) atoms. The average molecular weight is 618 g/mol. The summed E-state index contributed by atoms with van der Waals surface area (Å²) in [5.74, 6) is 0. The predicted octanol–water partition coefficient (Wildman–Crippen LogP) is 13.1. The van der Waals surface area contributed by atoms with Gasteiger partial charge in [0.05, 0.1) is 11.0 Å². The minimum absolute atomic E-state index is 0.0321. The molecule has 7 aromatic rings. The summed E-state index contributed by atoms with van der Waals surface area (Å²) in [7, 11) is 0. The minimum Gasteiger partial charge on any atom is -0.309 e. The summed E-state index contributed by atoms with van der Waals surface area (Å²) >= 11 is 6.83. The molecule has 0 radical (unpaired) electrons. The molecule has 0 unspecified atom stereocenters. The van der Waals surface area contributed by atoms with Crippen molar-refractivity contribution in [1.29, 1.82) is 0 Å². The van der Waals surface area contributed by atoms with Crippen LogP contribution < -0.4 is 0 Å². The van der Waals surface area contributed by atoms with Gasteiger partial charge in [-0.1, -0.05) is 156 Å². The van der Waals surface area contributed by atoms with Gasteiger partial charge in [-0.25, -0.2) is 0 Å². The molecule has 1 heterocycles. The largest absolute Gasteiger partial charge is 0.309 e. The zero-order valence-electron chi connectivity index (χ0n) is 27.5. The Morgan fingerprint density at radius 3 is 1.48 bits per heavy atom. The molecule has 0 amide bonds. The number of rotatable bonds is 2. The van der Waals surface area contributed by atoms with Crippen molar-refractivity contribution in [1.82, 2.24) is 4.57 Å². The second-order valence-electron chi connectivity index (χ2n) is 14.5. The molecule has 1 nitrogen and oxygen atoms in total. The van der Waals surface area contributed by atoms with Crippen molar-refractivity contribution in [3.8, 4) is 16.8 Å². The van der Waals surface area contributed by atoms with Gasteiger partial charge in [0, 0.05) is 21.5 Å². The van der Waals surface area contributed by atoms with Crippen molar-refractivity contribution in [3.63, 3.8) is 0 Å². The third-order valence-electron chi connectivity index (χ3n) is 9.17. The van der Waals surface area contributed by atoms with Crippen molar-refractivity contribution in [2.45, 2.75) is 52.4 Å². The summed E-state index contributed by atoms with van der Waals surface area (Å²) in [6.45, 7) is 13.8. The van der Waals surface area contributed by atoms with E-state index in [9.17, 15) is 0 Å². The Labute approximate surface area is 277 Å². The van der Waals surface area contributed by atoms with E-state index in [0.29, 0.717) is 5.02 Å². The van der Waals surface area contributed by atoms with E-state index < -0.39 is 0 Å². The highest BCUT2D eigenvalue weighted by atomic mass is 35.5. The Kier molecular flexibility index (Phi) is 7.41. The number of hydrogen-bond donors (Lipinski definition) is 0. The monoisotopic (exact) mass is 617 g/mol. The summed E-state index contributed by atoms with van der Waals surface area (Å²) in [5.41, 5.74) is 8.43. The highest BCUT2D eigenvalue weighted by Gasteiger charge is 2.21. The van der Waals surface area contributed by atoms with Crippen LogP contribution in [0.5, 0.6) is 0 Å². The number of fused-ring (bicyclic) bond motifs is 7. The van der Waals surface area contributed by atoms with Gasteiger partial charge in [-0.15, -0.1) is 0 Å². The lowest BCUT2D eigenvalue weighted by Crippen LogP contribution is -2.16. The van der Waals surface area contributed by atoms with Gasteiger partial charge in [0.2, 0.25) is 0 Å². The van der Waals surface area contributed by atoms with Gasteiger partial charge in [0.1, 0.15) is 0 Å². The molecule has 0 aliphatic rings. The number of benzene rings is 6. The Bertz CT molecular complexity index is 2310. The third-order valence-corrected chi connectivity index (χ3v) is 9.41. The first-order valence-corrected chi connectivity index (χ1v) is 16.5. The van der Waals surface area contributed by atoms with Gasteiger partial charge in [-0.2, -0.15) is 0 Å². The fourth-order valence-electron chi connectivity index (χ4n) is 6.61. The minimum atomic E-state index is 0.0321. The van der Waals surface area contributed by atoms with Crippen LogP contribution in [-0.2, 0) is 10.8 Å². The maximum atomic E-state index is 6.83. The quantitative estimate of drug-likeness (QED) is 0.182. The number of nitrogens with zero attached hydrogens (tertiary/aromatic N) is 1. The third kappa shape index (κ3) is 5.44. The van der Waals surface area contributed by atoms with Crippen LogP contribution in [0.25, 0.3) is 60.2 Å². The molecule has 0 spiro atoms. The van der Waals surface area contributed by atoms with Gasteiger partial charge in [0.25, 0.3) is 0 Å². The molecule has 0 saturated heterocycles. The fourth-order valence-corrected chi connectivity index (χ4v) is 6.78. The van der Waals surface area contributed by atoms with Crippen LogP contribution in [0.2, 0.25) is 5.02 Å². The fraction of sp³-hybridized carbons (Fsp3) is 0.182. The zero-order valence-corrected chi connectivity index (χ0v) is 28.3. The standard InChI is InChI=1S/C44H40ClN/c1-43(2,3)31-24-30(25-32(27-31)44(4,5)6)29-14-13-15-34(26-29)46-41-21-12-11-20-39(41)37-18-9-7-16-35(37)36-17-8-10-19-38(36)40-23-22-33(45)28-42(40)46/h7-28H,1-6H3. The molecule has 0 saturated carbocycles. The molecule has 0 atom stereocenters. The zero-order chi connectivity index (χ0) is 32.2. The summed E-state index contributed by atoms with van der Waals surface area (Å²) in [4.78, 5) is 0. The lowest BCUT2D eigenvalue weighted by atomic mass is 9.79. The van der Waals surface area contributed by atoms with Crippen LogP contribution in [0.15, 0.2) is 133 Å². The Morgan fingerprint density at radius 1 is 0.413 bits per heavy atom. The van der Waals surface area contributed by atoms with E-state index in [2.05, 4.69) is 174 Å². The van der Waals surface area contributed by atoms with E-state index in [1.807, 2.05) is 6.07 Å². The summed E-state index contributed by atoms with van der Waals surface area (Å²) in [6, 6.07) is 48.7. The first-order valence-electron chi connectivity index (χ1n) is 16.1. The van der Waals surface area contributed by atoms with Crippen molar-refractivity contribution in [2.24, 2.45) is 0 Å². The lowest BCUT2D eigenvalue weighted by Gasteiger charge is -2.26. The molecule has 2 heteroatoms. The highest BCUT2D eigenvalue weighted by molar-refractivity contribution is 6.31. The topological polar surface area (TPSA) is 4.93 Å². The van der Waals surface area contributed by atoms with Crippen LogP contribution >= 0.6 is 11.6 Å². The van der Waals surface area contributed by atoms with Crippen LogP contribution in [0, 0.1) is 0 Å². The maximum Gasteiger partial charge on any atom is 0.0555 e. The molecule has 0 N–H and O–H groups in total. The average Bonchev–Trinajstić information content (AvgIpc) is 3.08. The van der Waals surface area contributed by atoms with Crippen LogP contribution in [0.4, 0.5) is 0 Å². The molecule has 0 bridgehead atoms. The summed E-state index contributed by atoms with van der Waals surface area (Å²) in [6.07, 6.45) is 0. The first-order chi connectivity index (χ1) is 22.0. The van der Waals surface area contributed by atoms with E-state index in [1.165, 1.54) is 49.2 Å². The van der Waals surface area contributed by atoms with Crippen molar-refractivity contribution in [3.05, 3.63) is 150 Å². The number of aromatic nitrogens is 1. The van der Waals surface area contributed by atoms with E-state index >= 15 is 0 Å². The second-order valence-corrected chi connectivity index (χ2v) is 14.9. The van der Waals surface area contributed by atoms with Gasteiger partial charge in [0.15, 0.2) is 0 Å². The predicted molar refractivity (Wildman–Crippen MR) is 201 cm³/mol. The smallest absolute Gasteiger partial charge is 0.0555 e. The van der Waals surface area contributed by atoms with Gasteiger partial charge in [-0.05, 0) is 85.0 Å². The Morgan fingerprint density at radius 2 is 0.913 bits per heavy atom. The lowest BCUT2D eigenvalue weighted by molar-refractivity contribution is 0.569. The van der Waals surface area contributed by atoms with Crippen LogP contribution in [0.1, 0.15) is 52.7 Å². The van der Waals surface area contributed by atoms with Crippen molar-refractivity contribution in [2.75, 3.05) is 0 Å². The number of halogens is 1. The molecule has 0 aliphatic heterocycles. The first kappa shape index (κ1) is 30.1. The van der Waals surface area contributed by atoms with Crippen LogP contribution in [-0.4, -0.2) is 4.57 Å². The maximum absolute atomic E-state index is 6.83. The molecule has 0 aliphatic carbocycles. The molecule has 228 valence electrons. The summed E-state index contributed by atoms with van der Waals surface area (Å²) in [5, 5.41) is 7.84. The van der Waals surface area contributed by atoms with E-state index in [4.69, 9.17) is 11.6 Å². The molecule has 0 fully saturated rings. The molecule has 1 aromatic heterocycles. The molecule has 7 rings (SSSR count). The summed E-state index contributed by atoms with van der Waals surface area (Å²) < 4.78 is 2.40. The van der Waals surface area contributed by atoms with Crippen LogP contribution in [0.3, 0.4) is 0 Å².